The predicted molar refractivity (Wildman–Crippen MR) is 112 cm³/mol. The minimum atomic E-state index is -0.733. The molecule has 0 radical (unpaired) electrons. The molecule has 0 heterocycles. The Hall–Kier alpha value is -3.47. The molecule has 0 aliphatic carbocycles. The molecule has 28 heavy (non-hydrogen) atoms. The lowest BCUT2D eigenvalue weighted by atomic mass is 10.2. The van der Waals surface area contributed by atoms with Crippen molar-refractivity contribution in [3.63, 3.8) is 0 Å². The SMILES string of the molecule is CC(C)(C)OC(=O)Oc1cccc(N(c2ccccc2)c2ccc(N)cc2)c1. The monoisotopic (exact) mass is 376 g/mol. The van der Waals surface area contributed by atoms with Gasteiger partial charge < -0.3 is 20.1 Å². The number of carbonyl (C=O) groups is 1. The van der Waals surface area contributed by atoms with Gasteiger partial charge in [0.25, 0.3) is 0 Å². The maximum atomic E-state index is 12.0. The summed E-state index contributed by atoms with van der Waals surface area (Å²) in [4.78, 5) is 14.1. The van der Waals surface area contributed by atoms with Gasteiger partial charge in [-0.3, -0.25) is 0 Å². The smallest absolute Gasteiger partial charge is 0.428 e. The number of para-hydroxylation sites is 1. The van der Waals surface area contributed by atoms with Gasteiger partial charge in [-0.2, -0.15) is 0 Å². The van der Waals surface area contributed by atoms with E-state index in [9.17, 15) is 4.79 Å². The summed E-state index contributed by atoms with van der Waals surface area (Å²) >= 11 is 0. The number of rotatable bonds is 4. The van der Waals surface area contributed by atoms with Gasteiger partial charge in [0.2, 0.25) is 0 Å². The summed E-state index contributed by atoms with van der Waals surface area (Å²) in [6, 6.07) is 24.8. The first-order chi connectivity index (χ1) is 13.3. The van der Waals surface area contributed by atoms with Gasteiger partial charge >= 0.3 is 6.16 Å². The summed E-state index contributed by atoms with van der Waals surface area (Å²) in [6.07, 6.45) is -0.733. The van der Waals surface area contributed by atoms with Crippen LogP contribution < -0.4 is 15.4 Å². The molecule has 0 spiro atoms. The third kappa shape index (κ3) is 5.04. The van der Waals surface area contributed by atoms with Crippen LogP contribution in [0.1, 0.15) is 20.8 Å². The van der Waals surface area contributed by atoms with E-state index in [1.807, 2.05) is 66.7 Å². The Balaban J connectivity index is 1.95. The predicted octanol–water partition coefficient (Wildman–Crippen LogP) is 6.05. The van der Waals surface area contributed by atoms with E-state index in [1.54, 1.807) is 32.9 Å². The lowest BCUT2D eigenvalue weighted by Gasteiger charge is -2.26. The molecule has 144 valence electrons. The molecule has 0 aliphatic rings. The summed E-state index contributed by atoms with van der Waals surface area (Å²) < 4.78 is 10.6. The standard InChI is InChI=1S/C23H24N2O3/c1-23(2,3)28-22(26)27-21-11-7-10-20(16-21)25(18-8-5-4-6-9-18)19-14-12-17(24)13-15-19/h4-16H,24H2,1-3H3. The van der Waals surface area contributed by atoms with Crippen LogP contribution in [-0.2, 0) is 4.74 Å². The molecule has 5 heteroatoms. The van der Waals surface area contributed by atoms with Crippen molar-refractivity contribution in [1.29, 1.82) is 0 Å². The zero-order chi connectivity index (χ0) is 20.1. The highest BCUT2D eigenvalue weighted by Gasteiger charge is 2.19. The second-order valence-corrected chi connectivity index (χ2v) is 7.33. The fourth-order valence-electron chi connectivity index (χ4n) is 2.70. The van der Waals surface area contributed by atoms with Crippen molar-refractivity contribution in [2.45, 2.75) is 26.4 Å². The van der Waals surface area contributed by atoms with Crippen LogP contribution >= 0.6 is 0 Å². The summed E-state index contributed by atoms with van der Waals surface area (Å²) in [6.45, 7) is 5.38. The van der Waals surface area contributed by atoms with E-state index in [-0.39, 0.29) is 0 Å². The molecule has 0 unspecified atom stereocenters. The first-order valence-electron chi connectivity index (χ1n) is 9.03. The van der Waals surface area contributed by atoms with Crippen LogP contribution in [0.15, 0.2) is 78.9 Å². The van der Waals surface area contributed by atoms with Gasteiger partial charge in [-0.1, -0.05) is 24.3 Å². The van der Waals surface area contributed by atoms with Crippen LogP contribution in [0.3, 0.4) is 0 Å². The molecule has 0 atom stereocenters. The van der Waals surface area contributed by atoms with Gasteiger partial charge in [0.1, 0.15) is 11.4 Å². The molecule has 0 saturated carbocycles. The maximum absolute atomic E-state index is 12.0. The van der Waals surface area contributed by atoms with E-state index in [2.05, 4.69) is 4.90 Å². The fraction of sp³-hybridized carbons (Fsp3) is 0.174. The topological polar surface area (TPSA) is 64.8 Å². The molecule has 0 aliphatic heterocycles. The van der Waals surface area contributed by atoms with E-state index >= 15 is 0 Å². The van der Waals surface area contributed by atoms with Crippen molar-refractivity contribution in [3.8, 4) is 5.75 Å². The van der Waals surface area contributed by atoms with Crippen LogP contribution in [0.2, 0.25) is 0 Å². The summed E-state index contributed by atoms with van der Waals surface area (Å²) in [7, 11) is 0. The van der Waals surface area contributed by atoms with E-state index in [1.165, 1.54) is 0 Å². The van der Waals surface area contributed by atoms with Crippen LogP contribution in [0.4, 0.5) is 27.5 Å². The van der Waals surface area contributed by atoms with Crippen molar-refractivity contribution < 1.29 is 14.3 Å². The highest BCUT2D eigenvalue weighted by molar-refractivity contribution is 5.78. The molecule has 0 saturated heterocycles. The molecular weight excluding hydrogens is 352 g/mol. The number of hydrogen-bond acceptors (Lipinski definition) is 5. The normalized spacial score (nSPS) is 11.0. The van der Waals surface area contributed by atoms with Gasteiger partial charge in [-0.15, -0.1) is 0 Å². The Morgan fingerprint density at radius 2 is 1.43 bits per heavy atom. The second-order valence-electron chi connectivity index (χ2n) is 7.33. The number of nitrogen functional groups attached to an aromatic ring is 1. The molecule has 0 aromatic heterocycles. The molecule has 3 aromatic rings. The number of hydrogen-bond donors (Lipinski definition) is 1. The fourth-order valence-corrected chi connectivity index (χ4v) is 2.70. The van der Waals surface area contributed by atoms with Crippen molar-refractivity contribution in [2.24, 2.45) is 0 Å². The third-order valence-electron chi connectivity index (χ3n) is 3.83. The Bertz CT molecular complexity index is 932. The Morgan fingerprint density at radius 3 is 2.07 bits per heavy atom. The third-order valence-corrected chi connectivity index (χ3v) is 3.83. The highest BCUT2D eigenvalue weighted by Crippen LogP contribution is 2.36. The Kier molecular flexibility index (Phi) is 5.54. The van der Waals surface area contributed by atoms with Crippen LogP contribution in [0.25, 0.3) is 0 Å². The zero-order valence-electron chi connectivity index (χ0n) is 16.3. The van der Waals surface area contributed by atoms with Crippen molar-refractivity contribution >= 4 is 28.9 Å². The van der Waals surface area contributed by atoms with Crippen LogP contribution in [0, 0.1) is 0 Å². The van der Waals surface area contributed by atoms with E-state index in [4.69, 9.17) is 15.2 Å². The second kappa shape index (κ2) is 8.05. The highest BCUT2D eigenvalue weighted by atomic mass is 16.7. The molecule has 2 N–H and O–H groups in total. The lowest BCUT2D eigenvalue weighted by Crippen LogP contribution is -2.26. The van der Waals surface area contributed by atoms with E-state index in [0.717, 1.165) is 17.1 Å². The summed E-state index contributed by atoms with van der Waals surface area (Å²) in [5.74, 6) is 0.406. The summed E-state index contributed by atoms with van der Waals surface area (Å²) in [5.41, 5.74) is 8.68. The van der Waals surface area contributed by atoms with Crippen LogP contribution in [0.5, 0.6) is 5.75 Å². The number of benzene rings is 3. The first-order valence-corrected chi connectivity index (χ1v) is 9.03. The van der Waals surface area contributed by atoms with Gasteiger partial charge in [0.05, 0.1) is 0 Å². The van der Waals surface area contributed by atoms with Gasteiger partial charge in [0.15, 0.2) is 0 Å². The lowest BCUT2D eigenvalue weighted by molar-refractivity contribution is 0.0206. The minimum Gasteiger partial charge on any atom is -0.428 e. The average molecular weight is 376 g/mol. The van der Waals surface area contributed by atoms with E-state index in [0.29, 0.717) is 11.4 Å². The zero-order valence-corrected chi connectivity index (χ0v) is 16.3. The van der Waals surface area contributed by atoms with Gasteiger partial charge in [-0.25, -0.2) is 4.79 Å². The van der Waals surface area contributed by atoms with Gasteiger partial charge in [0, 0.05) is 28.8 Å². The van der Waals surface area contributed by atoms with Crippen LogP contribution in [-0.4, -0.2) is 11.8 Å². The van der Waals surface area contributed by atoms with Gasteiger partial charge in [-0.05, 0) is 69.3 Å². The number of anilines is 4. The van der Waals surface area contributed by atoms with Crippen molar-refractivity contribution in [1.82, 2.24) is 0 Å². The molecule has 0 fully saturated rings. The number of ether oxygens (including phenoxy) is 2. The van der Waals surface area contributed by atoms with Crippen molar-refractivity contribution in [2.75, 3.05) is 10.6 Å². The average Bonchev–Trinajstić information content (AvgIpc) is 2.63. The summed E-state index contributed by atoms with van der Waals surface area (Å²) in [5, 5.41) is 0. The molecule has 0 bridgehead atoms. The quantitative estimate of drug-likeness (QED) is 0.341. The largest absolute Gasteiger partial charge is 0.514 e. The van der Waals surface area contributed by atoms with E-state index < -0.39 is 11.8 Å². The maximum Gasteiger partial charge on any atom is 0.514 e. The Morgan fingerprint density at radius 1 is 0.821 bits per heavy atom. The van der Waals surface area contributed by atoms with Crippen molar-refractivity contribution in [3.05, 3.63) is 78.9 Å². The minimum absolute atomic E-state index is 0.406. The molecule has 3 rings (SSSR count). The first kappa shape index (κ1) is 19.3. The molecule has 3 aromatic carbocycles. The number of nitrogens with zero attached hydrogens (tertiary/aromatic N) is 1. The Labute approximate surface area is 165 Å². The number of carbonyl (C=O) groups excluding carboxylic acids is 1. The molecule has 0 amide bonds. The molecule has 5 nitrogen and oxygen atoms in total. The molecular formula is C23H24N2O3. The number of nitrogens with two attached hydrogens (primary N) is 1.